The number of carbonyl (C=O) groups is 1. The van der Waals surface area contributed by atoms with Crippen molar-refractivity contribution in [3.63, 3.8) is 0 Å². The minimum Gasteiger partial charge on any atom is -0.315 e. The normalized spacial score (nSPS) is 23.1. The van der Waals surface area contributed by atoms with Gasteiger partial charge in [-0.1, -0.05) is 30.3 Å². The quantitative estimate of drug-likeness (QED) is 0.782. The molecule has 0 N–H and O–H groups in total. The standard InChI is InChI=1S/C17H12F3NOS/c18-17(19,20)12-6-7-13-14(10-12)16(11-4-2-1-3-5-11)21(15(13)22)8-9-23-16/h1-7,10H,8-9H2. The van der Waals surface area contributed by atoms with Crippen molar-refractivity contribution >= 4 is 17.7 Å². The highest BCUT2D eigenvalue weighted by Crippen LogP contribution is 2.55. The minimum absolute atomic E-state index is 0.192. The smallest absolute Gasteiger partial charge is 0.315 e. The van der Waals surface area contributed by atoms with E-state index in [1.807, 2.05) is 30.3 Å². The van der Waals surface area contributed by atoms with Crippen LogP contribution in [-0.4, -0.2) is 23.1 Å². The lowest BCUT2D eigenvalue weighted by atomic mass is 9.95. The predicted octanol–water partition coefficient (Wildman–Crippen LogP) is 4.11. The van der Waals surface area contributed by atoms with Gasteiger partial charge >= 0.3 is 6.18 Å². The molecule has 4 rings (SSSR count). The molecule has 0 bridgehead atoms. The third-order valence-corrected chi connectivity index (χ3v) is 5.84. The Morgan fingerprint density at radius 3 is 2.52 bits per heavy atom. The lowest BCUT2D eigenvalue weighted by Crippen LogP contribution is -2.37. The van der Waals surface area contributed by atoms with Gasteiger partial charge < -0.3 is 4.90 Å². The summed E-state index contributed by atoms with van der Waals surface area (Å²) in [5.74, 6) is 0.513. The molecule has 0 aliphatic carbocycles. The monoisotopic (exact) mass is 335 g/mol. The van der Waals surface area contributed by atoms with Gasteiger partial charge in [0, 0.05) is 23.4 Å². The zero-order valence-corrected chi connectivity index (χ0v) is 12.7. The molecule has 6 heteroatoms. The SMILES string of the molecule is O=C1c2ccc(C(F)(F)F)cc2C2(c3ccccc3)SCCN12. The van der Waals surface area contributed by atoms with E-state index in [1.54, 1.807) is 4.90 Å². The summed E-state index contributed by atoms with van der Waals surface area (Å²) in [5, 5.41) is 0. The van der Waals surface area contributed by atoms with Crippen molar-refractivity contribution in [1.82, 2.24) is 4.90 Å². The van der Waals surface area contributed by atoms with Gasteiger partial charge in [-0.25, -0.2) is 0 Å². The van der Waals surface area contributed by atoms with Crippen LogP contribution in [0, 0.1) is 0 Å². The van der Waals surface area contributed by atoms with E-state index in [9.17, 15) is 18.0 Å². The van der Waals surface area contributed by atoms with Crippen molar-refractivity contribution in [2.24, 2.45) is 0 Å². The molecule has 0 saturated carbocycles. The average Bonchev–Trinajstić information content (AvgIpc) is 3.07. The lowest BCUT2D eigenvalue weighted by molar-refractivity contribution is -0.137. The molecule has 1 fully saturated rings. The first-order valence-electron chi connectivity index (χ1n) is 7.18. The molecule has 2 nitrogen and oxygen atoms in total. The molecule has 0 spiro atoms. The van der Waals surface area contributed by atoms with Crippen molar-refractivity contribution in [3.8, 4) is 0 Å². The molecular weight excluding hydrogens is 323 g/mol. The van der Waals surface area contributed by atoms with E-state index in [1.165, 1.54) is 17.8 Å². The highest BCUT2D eigenvalue weighted by Gasteiger charge is 2.54. The zero-order chi connectivity index (χ0) is 16.2. The fourth-order valence-electron chi connectivity index (χ4n) is 3.38. The summed E-state index contributed by atoms with van der Waals surface area (Å²) in [6.07, 6.45) is -4.42. The Hall–Kier alpha value is -1.95. The molecular formula is C17H12F3NOS. The molecule has 1 saturated heterocycles. The van der Waals surface area contributed by atoms with E-state index >= 15 is 0 Å². The van der Waals surface area contributed by atoms with Crippen LogP contribution >= 0.6 is 11.8 Å². The zero-order valence-electron chi connectivity index (χ0n) is 11.9. The minimum atomic E-state index is -4.42. The summed E-state index contributed by atoms with van der Waals surface area (Å²) in [6.45, 7) is 0.536. The first kappa shape index (κ1) is 14.6. The van der Waals surface area contributed by atoms with Gasteiger partial charge in [0.2, 0.25) is 0 Å². The number of fused-ring (bicyclic) bond motifs is 3. The number of halogens is 3. The number of carbonyl (C=O) groups excluding carboxylic acids is 1. The van der Waals surface area contributed by atoms with Crippen LogP contribution in [0.15, 0.2) is 48.5 Å². The van der Waals surface area contributed by atoms with Gasteiger partial charge in [-0.05, 0) is 23.8 Å². The number of nitrogens with zero attached hydrogens (tertiary/aromatic N) is 1. The van der Waals surface area contributed by atoms with E-state index < -0.39 is 16.6 Å². The van der Waals surface area contributed by atoms with Gasteiger partial charge in [0.05, 0.1) is 5.56 Å². The summed E-state index contributed by atoms with van der Waals surface area (Å²) in [4.78, 5) is 13.5. The molecule has 2 aliphatic rings. The van der Waals surface area contributed by atoms with Crippen LogP contribution in [0.3, 0.4) is 0 Å². The Bertz CT molecular complexity index is 790. The molecule has 2 heterocycles. The van der Waals surface area contributed by atoms with Crippen LogP contribution < -0.4 is 0 Å². The van der Waals surface area contributed by atoms with Crippen LogP contribution in [0.4, 0.5) is 13.2 Å². The number of thioether (sulfide) groups is 1. The summed E-state index contributed by atoms with van der Waals surface area (Å²) >= 11 is 1.52. The molecule has 118 valence electrons. The maximum absolute atomic E-state index is 13.1. The number of hydrogen-bond acceptors (Lipinski definition) is 2. The Labute approximate surface area is 135 Å². The van der Waals surface area contributed by atoms with Gasteiger partial charge in [-0.15, -0.1) is 11.8 Å². The summed E-state index contributed by atoms with van der Waals surface area (Å²) in [7, 11) is 0. The van der Waals surface area contributed by atoms with Gasteiger partial charge in [0.25, 0.3) is 5.91 Å². The van der Waals surface area contributed by atoms with Crippen molar-refractivity contribution < 1.29 is 18.0 Å². The van der Waals surface area contributed by atoms with Crippen LogP contribution in [-0.2, 0) is 11.0 Å². The van der Waals surface area contributed by atoms with E-state index in [0.29, 0.717) is 23.4 Å². The largest absolute Gasteiger partial charge is 0.416 e. The maximum Gasteiger partial charge on any atom is 0.416 e. The number of hydrogen-bond donors (Lipinski definition) is 0. The van der Waals surface area contributed by atoms with Crippen LogP contribution in [0.25, 0.3) is 0 Å². The fourth-order valence-corrected chi connectivity index (χ4v) is 4.91. The second-order valence-corrected chi connectivity index (χ2v) is 6.86. The Kier molecular flexibility index (Phi) is 3.04. The third-order valence-electron chi connectivity index (χ3n) is 4.36. The molecule has 1 unspecified atom stereocenters. The van der Waals surface area contributed by atoms with Crippen molar-refractivity contribution in [2.45, 2.75) is 11.0 Å². The van der Waals surface area contributed by atoms with Gasteiger partial charge in [0.15, 0.2) is 0 Å². The highest BCUT2D eigenvalue weighted by molar-refractivity contribution is 8.00. The van der Waals surface area contributed by atoms with Gasteiger partial charge in [-0.2, -0.15) is 13.2 Å². The lowest BCUT2D eigenvalue weighted by Gasteiger charge is -2.32. The molecule has 1 amide bonds. The van der Waals surface area contributed by atoms with Gasteiger partial charge in [-0.3, -0.25) is 4.79 Å². The molecule has 23 heavy (non-hydrogen) atoms. The van der Waals surface area contributed by atoms with Crippen LogP contribution in [0.2, 0.25) is 0 Å². The molecule has 2 aromatic carbocycles. The Morgan fingerprint density at radius 2 is 1.83 bits per heavy atom. The van der Waals surface area contributed by atoms with E-state index in [2.05, 4.69) is 0 Å². The topological polar surface area (TPSA) is 20.3 Å². The van der Waals surface area contributed by atoms with Crippen molar-refractivity contribution in [3.05, 3.63) is 70.8 Å². The fraction of sp³-hybridized carbons (Fsp3) is 0.235. The molecule has 2 aliphatic heterocycles. The summed E-state index contributed by atoms with van der Waals surface area (Å²) < 4.78 is 39.4. The van der Waals surface area contributed by atoms with Gasteiger partial charge in [0.1, 0.15) is 4.87 Å². The Morgan fingerprint density at radius 1 is 1.09 bits per heavy atom. The first-order valence-corrected chi connectivity index (χ1v) is 8.16. The highest BCUT2D eigenvalue weighted by atomic mass is 32.2. The van der Waals surface area contributed by atoms with E-state index in [4.69, 9.17) is 0 Å². The number of benzene rings is 2. The summed E-state index contributed by atoms with van der Waals surface area (Å²) in [6, 6.07) is 12.7. The third kappa shape index (κ3) is 1.94. The van der Waals surface area contributed by atoms with Crippen molar-refractivity contribution in [2.75, 3.05) is 12.3 Å². The first-order chi connectivity index (χ1) is 10.9. The van der Waals surface area contributed by atoms with E-state index in [-0.39, 0.29) is 5.91 Å². The number of alkyl halides is 3. The molecule has 0 aromatic heterocycles. The maximum atomic E-state index is 13.1. The summed E-state index contributed by atoms with van der Waals surface area (Å²) in [5.41, 5.74) is 0.947. The molecule has 2 aromatic rings. The predicted molar refractivity (Wildman–Crippen MR) is 82.2 cm³/mol. The molecule has 1 atom stereocenters. The van der Waals surface area contributed by atoms with Crippen LogP contribution in [0.1, 0.15) is 27.0 Å². The molecule has 0 radical (unpaired) electrons. The van der Waals surface area contributed by atoms with Crippen molar-refractivity contribution in [1.29, 1.82) is 0 Å². The van der Waals surface area contributed by atoms with E-state index in [0.717, 1.165) is 17.7 Å². The number of amides is 1. The average molecular weight is 335 g/mol. The second-order valence-electron chi connectivity index (χ2n) is 5.57. The Balaban J connectivity index is 1.99. The second kappa shape index (κ2) is 4.77. The number of rotatable bonds is 1. The van der Waals surface area contributed by atoms with Crippen LogP contribution in [0.5, 0.6) is 0 Å².